The van der Waals surface area contributed by atoms with Crippen LogP contribution in [0.1, 0.15) is 376 Å². The van der Waals surface area contributed by atoms with Crippen molar-refractivity contribution in [2.24, 2.45) is 17.8 Å². The van der Waals surface area contributed by atoms with Crippen molar-refractivity contribution in [3.05, 3.63) is 0 Å². The molecule has 0 saturated heterocycles. The molecule has 19 heteroatoms. The van der Waals surface area contributed by atoms with E-state index in [-0.39, 0.29) is 25.7 Å². The molecule has 0 spiro atoms. The summed E-state index contributed by atoms with van der Waals surface area (Å²) in [5.74, 6) is 0.183. The van der Waals surface area contributed by atoms with Crippen molar-refractivity contribution in [1.82, 2.24) is 0 Å². The zero-order valence-corrected chi connectivity index (χ0v) is 62.5. The minimum atomic E-state index is -4.96. The molecular formula is C74H144O17P2. The van der Waals surface area contributed by atoms with E-state index in [1.165, 1.54) is 186 Å². The van der Waals surface area contributed by atoms with Crippen LogP contribution >= 0.6 is 15.6 Å². The van der Waals surface area contributed by atoms with Crippen LogP contribution in [0.15, 0.2) is 0 Å². The van der Waals surface area contributed by atoms with Crippen LogP contribution in [-0.4, -0.2) is 96.7 Å². The van der Waals surface area contributed by atoms with Crippen LogP contribution in [0.3, 0.4) is 0 Å². The number of phosphoric acid groups is 2. The molecule has 0 amide bonds. The van der Waals surface area contributed by atoms with Gasteiger partial charge in [0.25, 0.3) is 0 Å². The molecule has 0 aliphatic rings. The third kappa shape index (κ3) is 67.0. The minimum Gasteiger partial charge on any atom is -0.462 e. The highest BCUT2D eigenvalue weighted by Gasteiger charge is 2.30. The Bertz CT molecular complexity index is 1820. The fourth-order valence-electron chi connectivity index (χ4n) is 11.2. The summed E-state index contributed by atoms with van der Waals surface area (Å²) < 4.78 is 68.4. The van der Waals surface area contributed by atoms with Crippen LogP contribution in [0.4, 0.5) is 0 Å². The Labute approximate surface area is 568 Å². The second kappa shape index (κ2) is 64.7. The van der Waals surface area contributed by atoms with Gasteiger partial charge in [-0.1, -0.05) is 325 Å². The SMILES string of the molecule is CCCCCCCCCCCCCC(=O)OC[C@H](COP(=O)(O)OC[C@H](O)COP(=O)(O)OC[C@@H](COC(=O)CCCCCCCCCCC(C)CC)OC(=O)CCCCCCCCCCCCCCCCCCC(C)C)OC(=O)CCCCCCCCCCC(C)C. The molecule has 0 aromatic heterocycles. The van der Waals surface area contributed by atoms with Crippen molar-refractivity contribution in [2.75, 3.05) is 39.6 Å². The number of rotatable bonds is 72. The van der Waals surface area contributed by atoms with E-state index in [2.05, 4.69) is 48.5 Å². The molecule has 552 valence electrons. The molecule has 3 unspecified atom stereocenters. The van der Waals surface area contributed by atoms with Crippen LogP contribution in [0.5, 0.6) is 0 Å². The van der Waals surface area contributed by atoms with E-state index in [9.17, 15) is 43.2 Å². The van der Waals surface area contributed by atoms with E-state index >= 15 is 0 Å². The second-order valence-electron chi connectivity index (χ2n) is 27.9. The Morgan fingerprint density at radius 2 is 0.548 bits per heavy atom. The van der Waals surface area contributed by atoms with Crippen LogP contribution in [0.2, 0.25) is 0 Å². The molecule has 0 rings (SSSR count). The fourth-order valence-corrected chi connectivity index (χ4v) is 12.8. The van der Waals surface area contributed by atoms with Gasteiger partial charge >= 0.3 is 39.5 Å². The maximum absolute atomic E-state index is 13.1. The first-order chi connectivity index (χ1) is 44.8. The van der Waals surface area contributed by atoms with Crippen LogP contribution < -0.4 is 0 Å². The summed E-state index contributed by atoms with van der Waals surface area (Å²) in [6.45, 7) is 11.9. The molecule has 0 aliphatic heterocycles. The Kier molecular flexibility index (Phi) is 63.4. The Morgan fingerprint density at radius 1 is 0.312 bits per heavy atom. The number of unbranched alkanes of at least 4 members (excludes halogenated alkanes) is 39. The molecule has 0 aromatic carbocycles. The molecule has 0 fully saturated rings. The van der Waals surface area contributed by atoms with E-state index in [0.717, 1.165) is 108 Å². The predicted octanol–water partition coefficient (Wildman–Crippen LogP) is 21.4. The lowest BCUT2D eigenvalue weighted by molar-refractivity contribution is -0.161. The number of hydrogen-bond donors (Lipinski definition) is 3. The smallest absolute Gasteiger partial charge is 0.462 e. The largest absolute Gasteiger partial charge is 0.472 e. The van der Waals surface area contributed by atoms with Gasteiger partial charge in [0.05, 0.1) is 26.4 Å². The van der Waals surface area contributed by atoms with E-state index in [1.807, 2.05) is 0 Å². The van der Waals surface area contributed by atoms with Crippen LogP contribution in [-0.2, 0) is 65.4 Å². The quantitative estimate of drug-likeness (QED) is 0.0222. The molecule has 17 nitrogen and oxygen atoms in total. The first kappa shape index (κ1) is 91.1. The van der Waals surface area contributed by atoms with Gasteiger partial charge in [-0.15, -0.1) is 0 Å². The van der Waals surface area contributed by atoms with Gasteiger partial charge in [0.15, 0.2) is 12.2 Å². The van der Waals surface area contributed by atoms with Gasteiger partial charge < -0.3 is 33.8 Å². The Morgan fingerprint density at radius 3 is 0.817 bits per heavy atom. The molecule has 0 aliphatic carbocycles. The van der Waals surface area contributed by atoms with Gasteiger partial charge in [0, 0.05) is 25.7 Å². The van der Waals surface area contributed by atoms with E-state index in [1.54, 1.807) is 0 Å². The number of carbonyl (C=O) groups is 4. The number of aliphatic hydroxyl groups excluding tert-OH is 1. The van der Waals surface area contributed by atoms with Gasteiger partial charge in [-0.3, -0.25) is 37.3 Å². The number of hydrogen-bond acceptors (Lipinski definition) is 15. The lowest BCUT2D eigenvalue weighted by Crippen LogP contribution is -2.30. The van der Waals surface area contributed by atoms with Crippen LogP contribution in [0, 0.1) is 17.8 Å². The summed E-state index contributed by atoms with van der Waals surface area (Å²) in [4.78, 5) is 72.7. The minimum absolute atomic E-state index is 0.104. The van der Waals surface area contributed by atoms with Crippen molar-refractivity contribution >= 4 is 39.5 Å². The third-order valence-electron chi connectivity index (χ3n) is 17.5. The zero-order valence-electron chi connectivity index (χ0n) is 60.7. The number of carbonyl (C=O) groups excluding carboxylic acids is 4. The second-order valence-corrected chi connectivity index (χ2v) is 30.8. The van der Waals surface area contributed by atoms with Gasteiger partial charge in [-0.2, -0.15) is 0 Å². The van der Waals surface area contributed by atoms with E-state index < -0.39 is 97.5 Å². The van der Waals surface area contributed by atoms with Gasteiger partial charge in [0.1, 0.15) is 19.3 Å². The molecule has 0 radical (unpaired) electrons. The molecule has 0 bridgehead atoms. The molecular weight excluding hydrogens is 1220 g/mol. The summed E-state index contributed by atoms with van der Waals surface area (Å²) in [6.07, 6.45) is 49.9. The fraction of sp³-hybridized carbons (Fsp3) is 0.946. The summed E-state index contributed by atoms with van der Waals surface area (Å²) in [6, 6.07) is 0. The lowest BCUT2D eigenvalue weighted by Gasteiger charge is -2.21. The van der Waals surface area contributed by atoms with Crippen molar-refractivity contribution < 1.29 is 80.2 Å². The Hall–Kier alpha value is -1.94. The van der Waals surface area contributed by atoms with Crippen molar-refractivity contribution in [3.63, 3.8) is 0 Å². The summed E-state index contributed by atoms with van der Waals surface area (Å²) >= 11 is 0. The molecule has 93 heavy (non-hydrogen) atoms. The number of phosphoric ester groups is 2. The average Bonchev–Trinajstić information content (AvgIpc) is 1.94. The third-order valence-corrected chi connectivity index (χ3v) is 19.4. The first-order valence-electron chi connectivity index (χ1n) is 38.4. The van der Waals surface area contributed by atoms with Crippen molar-refractivity contribution in [3.8, 4) is 0 Å². The van der Waals surface area contributed by atoms with Crippen molar-refractivity contribution in [2.45, 2.75) is 394 Å². The lowest BCUT2D eigenvalue weighted by atomic mass is 9.99. The summed E-state index contributed by atoms with van der Waals surface area (Å²) in [5, 5.41) is 10.6. The highest BCUT2D eigenvalue weighted by atomic mass is 31.2. The highest BCUT2D eigenvalue weighted by Crippen LogP contribution is 2.45. The standard InChI is InChI=1S/C74H144O17P2/c1-8-10-11-12-13-14-21-25-34-41-48-55-71(76)84-61-70(91-74(79)58-51-44-37-29-27-32-39-46-53-66(5)6)64-89-93(82,83)87-60-68(75)59-86-92(80,81)88-63-69(62-85-72(77)56-49-42-35-30-28-33-40-47-54-67(7)9-2)90-73(78)57-50-43-36-26-23-20-18-16-15-17-19-22-24-31-38-45-52-65(3)4/h65-70,75H,8-64H2,1-7H3,(H,80,81)(H,82,83)/t67?,68-,69-,70-/m1/s1. The number of esters is 4. The van der Waals surface area contributed by atoms with Gasteiger partial charge in [-0.25, -0.2) is 9.13 Å². The zero-order chi connectivity index (χ0) is 68.7. The predicted molar refractivity (Wildman–Crippen MR) is 377 cm³/mol. The molecule has 0 heterocycles. The van der Waals surface area contributed by atoms with E-state index in [4.69, 9.17) is 37.0 Å². The maximum Gasteiger partial charge on any atom is 0.472 e. The van der Waals surface area contributed by atoms with Gasteiger partial charge in [-0.05, 0) is 43.4 Å². The molecule has 0 saturated carbocycles. The molecule has 3 N–H and O–H groups in total. The normalized spacial score (nSPS) is 14.4. The number of ether oxygens (including phenoxy) is 4. The average molecular weight is 1370 g/mol. The Balaban J connectivity index is 5.23. The summed E-state index contributed by atoms with van der Waals surface area (Å²) in [5.41, 5.74) is 0. The van der Waals surface area contributed by atoms with Gasteiger partial charge in [0.2, 0.25) is 0 Å². The highest BCUT2D eigenvalue weighted by molar-refractivity contribution is 7.47. The number of aliphatic hydroxyl groups is 1. The first-order valence-corrected chi connectivity index (χ1v) is 41.4. The molecule has 6 atom stereocenters. The molecule has 0 aromatic rings. The van der Waals surface area contributed by atoms with E-state index in [0.29, 0.717) is 25.7 Å². The topological polar surface area (TPSA) is 237 Å². The summed E-state index contributed by atoms with van der Waals surface area (Å²) in [7, 11) is -9.91. The monoisotopic (exact) mass is 1370 g/mol. The maximum atomic E-state index is 13.1. The van der Waals surface area contributed by atoms with Crippen LogP contribution in [0.25, 0.3) is 0 Å². The van der Waals surface area contributed by atoms with Crippen molar-refractivity contribution in [1.29, 1.82) is 0 Å².